The predicted octanol–water partition coefficient (Wildman–Crippen LogP) is 3.39. The Morgan fingerprint density at radius 1 is 1.31 bits per heavy atom. The first-order valence-corrected chi connectivity index (χ1v) is 12.9. The minimum absolute atomic E-state index is 0.115. The van der Waals surface area contributed by atoms with E-state index in [1.54, 1.807) is 13.0 Å². The number of piperidine rings is 1. The fourth-order valence-corrected chi connectivity index (χ4v) is 6.78. The van der Waals surface area contributed by atoms with Crippen LogP contribution in [0.5, 0.6) is 0 Å². The molecule has 1 aliphatic heterocycles. The number of thiophene rings is 1. The molecule has 0 bridgehead atoms. The van der Waals surface area contributed by atoms with Gasteiger partial charge in [-0.2, -0.15) is 9.29 Å². The average molecular weight is 475 g/mol. The SMILES string of the molecule is CCc1nc(-c2cc(S(=O)(=O)N3CCC[C@H](C(=O)NCc4ccccc4)C3)c(C)s2)no1. The summed E-state index contributed by atoms with van der Waals surface area (Å²) in [6.45, 7) is 4.69. The Labute approximate surface area is 191 Å². The molecule has 1 fully saturated rings. The zero-order valence-electron chi connectivity index (χ0n) is 18.1. The lowest BCUT2D eigenvalue weighted by Gasteiger charge is -2.31. The zero-order chi connectivity index (χ0) is 22.7. The summed E-state index contributed by atoms with van der Waals surface area (Å²) < 4.78 is 33.4. The molecule has 1 aromatic carbocycles. The molecular weight excluding hydrogens is 448 g/mol. The normalized spacial score (nSPS) is 17.4. The minimum atomic E-state index is -3.73. The van der Waals surface area contributed by atoms with Crippen molar-refractivity contribution in [2.24, 2.45) is 5.92 Å². The standard InChI is InChI=1S/C22H26N4O4S2/c1-3-20-24-21(25-30-20)18-12-19(15(2)31-18)32(28,29)26-11-7-10-17(14-26)22(27)23-13-16-8-5-4-6-9-16/h4-6,8-9,12,17H,3,7,10-11,13-14H2,1-2H3,(H,23,27)/t17-/m0/s1. The van der Waals surface area contributed by atoms with E-state index >= 15 is 0 Å². The van der Waals surface area contributed by atoms with Crippen molar-refractivity contribution in [2.45, 2.75) is 44.6 Å². The van der Waals surface area contributed by atoms with Crippen LogP contribution in [0.15, 0.2) is 45.8 Å². The highest BCUT2D eigenvalue weighted by Crippen LogP contribution is 2.35. The highest BCUT2D eigenvalue weighted by molar-refractivity contribution is 7.89. The molecule has 0 radical (unpaired) electrons. The van der Waals surface area contributed by atoms with E-state index in [0.717, 1.165) is 5.56 Å². The Bertz CT molecular complexity index is 1190. The second kappa shape index (κ2) is 9.51. The van der Waals surface area contributed by atoms with Crippen LogP contribution < -0.4 is 5.32 Å². The summed E-state index contributed by atoms with van der Waals surface area (Å²) in [6.07, 6.45) is 1.93. The Kier molecular flexibility index (Phi) is 6.73. The van der Waals surface area contributed by atoms with Gasteiger partial charge in [-0.25, -0.2) is 8.42 Å². The highest BCUT2D eigenvalue weighted by atomic mass is 32.2. The van der Waals surface area contributed by atoms with Crippen molar-refractivity contribution in [3.63, 3.8) is 0 Å². The van der Waals surface area contributed by atoms with Crippen LogP contribution in [0, 0.1) is 12.8 Å². The van der Waals surface area contributed by atoms with Gasteiger partial charge in [0.2, 0.25) is 27.6 Å². The maximum absolute atomic E-state index is 13.4. The second-order valence-electron chi connectivity index (χ2n) is 7.80. The van der Waals surface area contributed by atoms with Crippen LogP contribution in [0.1, 0.15) is 36.1 Å². The van der Waals surface area contributed by atoms with Crippen LogP contribution in [0.3, 0.4) is 0 Å². The van der Waals surface area contributed by atoms with Crippen molar-refractivity contribution in [3.8, 4) is 10.7 Å². The van der Waals surface area contributed by atoms with Crippen molar-refractivity contribution < 1.29 is 17.7 Å². The number of benzene rings is 1. The van der Waals surface area contributed by atoms with Crippen molar-refractivity contribution in [1.29, 1.82) is 0 Å². The number of carbonyl (C=O) groups excluding carboxylic acids is 1. The molecule has 1 N–H and O–H groups in total. The summed E-state index contributed by atoms with van der Waals surface area (Å²) in [7, 11) is -3.73. The van der Waals surface area contributed by atoms with E-state index in [-0.39, 0.29) is 23.3 Å². The van der Waals surface area contributed by atoms with Gasteiger partial charge in [-0.05, 0) is 31.4 Å². The third kappa shape index (κ3) is 4.77. The summed E-state index contributed by atoms with van der Waals surface area (Å²) in [5.74, 6) is 0.421. The van der Waals surface area contributed by atoms with Gasteiger partial charge in [-0.3, -0.25) is 4.79 Å². The van der Waals surface area contributed by atoms with Gasteiger partial charge in [0.1, 0.15) is 0 Å². The van der Waals surface area contributed by atoms with E-state index in [1.165, 1.54) is 15.6 Å². The lowest BCUT2D eigenvalue weighted by atomic mass is 9.99. The van der Waals surface area contributed by atoms with Gasteiger partial charge in [-0.1, -0.05) is 42.4 Å². The van der Waals surface area contributed by atoms with Crippen molar-refractivity contribution in [2.75, 3.05) is 13.1 Å². The molecule has 3 heterocycles. The summed E-state index contributed by atoms with van der Waals surface area (Å²) in [5.41, 5.74) is 1.01. The Balaban J connectivity index is 1.47. The maximum Gasteiger partial charge on any atom is 0.244 e. The molecule has 32 heavy (non-hydrogen) atoms. The van der Waals surface area contributed by atoms with Gasteiger partial charge in [0, 0.05) is 30.9 Å². The third-order valence-corrected chi connectivity index (χ3v) is 8.71. The van der Waals surface area contributed by atoms with Crippen LogP contribution in [-0.4, -0.2) is 41.9 Å². The number of sulfonamides is 1. The zero-order valence-corrected chi connectivity index (χ0v) is 19.7. The summed E-state index contributed by atoms with van der Waals surface area (Å²) >= 11 is 1.32. The quantitative estimate of drug-likeness (QED) is 0.563. The number of carbonyl (C=O) groups is 1. The average Bonchev–Trinajstić information content (AvgIpc) is 3.45. The highest BCUT2D eigenvalue weighted by Gasteiger charge is 2.35. The minimum Gasteiger partial charge on any atom is -0.352 e. The first-order valence-electron chi connectivity index (χ1n) is 10.6. The number of hydrogen-bond donors (Lipinski definition) is 1. The lowest BCUT2D eigenvalue weighted by Crippen LogP contribution is -2.45. The molecule has 1 atom stereocenters. The molecule has 4 rings (SSSR count). The molecule has 0 unspecified atom stereocenters. The van der Waals surface area contributed by atoms with Gasteiger partial charge in [0.15, 0.2) is 0 Å². The Hall–Kier alpha value is -2.56. The molecule has 170 valence electrons. The van der Waals surface area contributed by atoms with Gasteiger partial charge in [0.25, 0.3) is 0 Å². The molecule has 1 amide bonds. The van der Waals surface area contributed by atoms with Crippen molar-refractivity contribution >= 4 is 27.3 Å². The molecule has 0 spiro atoms. The maximum atomic E-state index is 13.4. The summed E-state index contributed by atoms with van der Waals surface area (Å²) in [4.78, 5) is 18.6. The number of hydrogen-bond acceptors (Lipinski definition) is 7. The molecule has 0 saturated carbocycles. The Morgan fingerprint density at radius 2 is 2.09 bits per heavy atom. The molecule has 0 aliphatic carbocycles. The van der Waals surface area contributed by atoms with E-state index in [4.69, 9.17) is 4.52 Å². The monoisotopic (exact) mass is 474 g/mol. The van der Waals surface area contributed by atoms with Crippen molar-refractivity contribution in [3.05, 3.63) is 52.7 Å². The number of aromatic nitrogens is 2. The van der Waals surface area contributed by atoms with Crippen LogP contribution >= 0.6 is 11.3 Å². The predicted molar refractivity (Wildman–Crippen MR) is 121 cm³/mol. The largest absolute Gasteiger partial charge is 0.352 e. The van der Waals surface area contributed by atoms with Crippen LogP contribution in [-0.2, 0) is 27.8 Å². The van der Waals surface area contributed by atoms with E-state index in [2.05, 4.69) is 15.5 Å². The lowest BCUT2D eigenvalue weighted by molar-refractivity contribution is -0.126. The number of amides is 1. The van der Waals surface area contributed by atoms with Crippen molar-refractivity contribution in [1.82, 2.24) is 19.8 Å². The topological polar surface area (TPSA) is 105 Å². The molecule has 1 aliphatic rings. The molecule has 10 heteroatoms. The van der Waals surface area contributed by atoms with E-state index in [1.807, 2.05) is 37.3 Å². The summed E-state index contributed by atoms with van der Waals surface area (Å²) in [6, 6.07) is 11.3. The van der Waals surface area contributed by atoms with Crippen LogP contribution in [0.25, 0.3) is 10.7 Å². The molecule has 3 aromatic rings. The first-order chi connectivity index (χ1) is 15.4. The van der Waals surface area contributed by atoms with Crippen LogP contribution in [0.4, 0.5) is 0 Å². The van der Waals surface area contributed by atoms with Gasteiger partial charge >= 0.3 is 0 Å². The summed E-state index contributed by atoms with van der Waals surface area (Å²) in [5, 5.41) is 6.89. The molecule has 8 nitrogen and oxygen atoms in total. The molecule has 1 saturated heterocycles. The first kappa shape index (κ1) is 22.6. The number of nitrogens with one attached hydrogen (secondary N) is 1. The third-order valence-electron chi connectivity index (χ3n) is 5.55. The number of rotatable bonds is 7. The molecular formula is C22H26N4O4S2. The van der Waals surface area contributed by atoms with Gasteiger partial charge < -0.3 is 9.84 Å². The fourth-order valence-electron chi connectivity index (χ4n) is 3.77. The number of nitrogens with zero attached hydrogens (tertiary/aromatic N) is 3. The number of aryl methyl sites for hydroxylation is 2. The van der Waals surface area contributed by atoms with Gasteiger partial charge in [0.05, 0.1) is 15.7 Å². The Morgan fingerprint density at radius 3 is 2.81 bits per heavy atom. The second-order valence-corrected chi connectivity index (χ2v) is 11.0. The van der Waals surface area contributed by atoms with Crippen LogP contribution in [0.2, 0.25) is 0 Å². The van der Waals surface area contributed by atoms with E-state index in [0.29, 0.717) is 53.8 Å². The van der Waals surface area contributed by atoms with E-state index in [9.17, 15) is 13.2 Å². The van der Waals surface area contributed by atoms with E-state index < -0.39 is 10.0 Å². The smallest absolute Gasteiger partial charge is 0.244 e. The molecule has 2 aromatic heterocycles. The fraction of sp³-hybridized carbons (Fsp3) is 0.409. The van der Waals surface area contributed by atoms with Gasteiger partial charge in [-0.15, -0.1) is 11.3 Å².